The second-order valence-corrected chi connectivity index (χ2v) is 5.03. The molecule has 1 aromatic carbocycles. The summed E-state index contributed by atoms with van der Waals surface area (Å²) in [7, 11) is 0. The van der Waals surface area contributed by atoms with E-state index in [1.54, 1.807) is 0 Å². The summed E-state index contributed by atoms with van der Waals surface area (Å²) in [6, 6.07) is 5.88. The Kier molecular flexibility index (Phi) is 5.63. The highest BCUT2D eigenvalue weighted by atomic mass is 79.9. The molecule has 1 atom stereocenters. The van der Waals surface area contributed by atoms with Crippen LogP contribution in [0.1, 0.15) is 5.56 Å². The lowest BCUT2D eigenvalue weighted by atomic mass is 10.2. The van der Waals surface area contributed by atoms with E-state index in [0.29, 0.717) is 12.3 Å². The van der Waals surface area contributed by atoms with E-state index < -0.39 is 6.10 Å². The van der Waals surface area contributed by atoms with Gasteiger partial charge in [0.15, 0.2) is 0 Å². The molecule has 1 rings (SSSR count). The van der Waals surface area contributed by atoms with Gasteiger partial charge in [0.25, 0.3) is 0 Å². The first kappa shape index (κ1) is 13.0. The highest BCUT2D eigenvalue weighted by Gasteiger charge is 2.06. The largest absolute Gasteiger partial charge is 0.394 e. The Morgan fingerprint density at radius 1 is 1.47 bits per heavy atom. The van der Waals surface area contributed by atoms with E-state index in [2.05, 4.69) is 15.9 Å². The zero-order valence-corrected chi connectivity index (χ0v) is 10.6. The minimum absolute atomic E-state index is 0.203. The third kappa shape index (κ3) is 4.12. The van der Waals surface area contributed by atoms with Gasteiger partial charge in [-0.3, -0.25) is 0 Å². The van der Waals surface area contributed by atoms with Gasteiger partial charge in [0.05, 0.1) is 12.7 Å². The van der Waals surface area contributed by atoms with Crippen LogP contribution >= 0.6 is 27.7 Å². The van der Waals surface area contributed by atoms with Crippen molar-refractivity contribution >= 4 is 27.7 Å². The highest BCUT2D eigenvalue weighted by molar-refractivity contribution is 9.10. The molecule has 1 aromatic rings. The van der Waals surface area contributed by atoms with Crippen molar-refractivity contribution in [2.75, 3.05) is 12.4 Å². The van der Waals surface area contributed by atoms with Gasteiger partial charge in [-0.15, -0.1) is 11.8 Å². The summed E-state index contributed by atoms with van der Waals surface area (Å²) >= 11 is 4.94. The first-order valence-corrected chi connectivity index (χ1v) is 6.35. The molecule has 0 amide bonds. The van der Waals surface area contributed by atoms with Crippen LogP contribution in [0.3, 0.4) is 0 Å². The van der Waals surface area contributed by atoms with Crippen molar-refractivity contribution in [3.8, 4) is 0 Å². The summed E-state index contributed by atoms with van der Waals surface area (Å²) < 4.78 is 0.973. The Hall–Kier alpha value is -0.0700. The number of thioether (sulfide) groups is 1. The van der Waals surface area contributed by atoms with Gasteiger partial charge >= 0.3 is 0 Å². The lowest BCUT2D eigenvalue weighted by Crippen LogP contribution is -2.14. The van der Waals surface area contributed by atoms with Crippen LogP contribution in [0.4, 0.5) is 0 Å². The molecule has 3 nitrogen and oxygen atoms in total. The van der Waals surface area contributed by atoms with Gasteiger partial charge < -0.3 is 15.9 Å². The molecule has 0 saturated heterocycles. The fourth-order valence-corrected chi connectivity index (χ4v) is 2.64. The predicted molar refractivity (Wildman–Crippen MR) is 65.9 cm³/mol. The SMILES string of the molecule is NCc1ccc(SCC(O)CO)c(Br)c1. The zero-order valence-electron chi connectivity index (χ0n) is 8.19. The van der Waals surface area contributed by atoms with E-state index in [0.717, 1.165) is 14.9 Å². The van der Waals surface area contributed by atoms with Gasteiger partial charge in [-0.2, -0.15) is 0 Å². The number of aliphatic hydroxyl groups is 2. The fraction of sp³-hybridized carbons (Fsp3) is 0.400. The summed E-state index contributed by atoms with van der Waals surface area (Å²) in [6.07, 6.45) is -0.670. The summed E-state index contributed by atoms with van der Waals surface area (Å²) in [4.78, 5) is 1.04. The molecule has 0 spiro atoms. The number of hydrogen-bond acceptors (Lipinski definition) is 4. The van der Waals surface area contributed by atoms with Crippen molar-refractivity contribution in [3.05, 3.63) is 28.2 Å². The predicted octanol–water partition coefficient (Wildman–Crippen LogP) is 1.35. The molecule has 0 heterocycles. The van der Waals surface area contributed by atoms with Crippen molar-refractivity contribution < 1.29 is 10.2 Å². The Morgan fingerprint density at radius 3 is 2.73 bits per heavy atom. The van der Waals surface area contributed by atoms with Gasteiger partial charge in [-0.05, 0) is 33.6 Å². The van der Waals surface area contributed by atoms with Gasteiger partial charge in [0.1, 0.15) is 0 Å². The van der Waals surface area contributed by atoms with Gasteiger partial charge in [0, 0.05) is 21.7 Å². The Morgan fingerprint density at radius 2 is 2.20 bits per heavy atom. The van der Waals surface area contributed by atoms with Crippen LogP contribution in [0.5, 0.6) is 0 Å². The van der Waals surface area contributed by atoms with E-state index in [4.69, 9.17) is 10.8 Å². The van der Waals surface area contributed by atoms with Crippen LogP contribution in [0.15, 0.2) is 27.6 Å². The average molecular weight is 292 g/mol. The van der Waals surface area contributed by atoms with Crippen molar-refractivity contribution in [2.45, 2.75) is 17.5 Å². The Bertz CT molecular complexity index is 322. The van der Waals surface area contributed by atoms with Crippen molar-refractivity contribution in [1.29, 1.82) is 0 Å². The molecule has 84 valence electrons. The monoisotopic (exact) mass is 291 g/mol. The maximum absolute atomic E-state index is 9.20. The van der Waals surface area contributed by atoms with Gasteiger partial charge in [-0.1, -0.05) is 6.07 Å². The maximum atomic E-state index is 9.20. The molecule has 0 aromatic heterocycles. The summed E-state index contributed by atoms with van der Waals surface area (Å²) in [5, 5.41) is 17.9. The molecule has 5 heteroatoms. The van der Waals surface area contributed by atoms with Gasteiger partial charge in [-0.25, -0.2) is 0 Å². The second kappa shape index (κ2) is 6.50. The Balaban J connectivity index is 2.62. The maximum Gasteiger partial charge on any atom is 0.0864 e. The molecule has 0 aliphatic rings. The summed E-state index contributed by atoms with van der Waals surface area (Å²) in [5.41, 5.74) is 6.58. The fourth-order valence-electron chi connectivity index (χ4n) is 1.03. The van der Waals surface area contributed by atoms with E-state index >= 15 is 0 Å². The summed E-state index contributed by atoms with van der Waals surface area (Å²) in [5.74, 6) is 0.483. The molecular weight excluding hydrogens is 278 g/mol. The first-order chi connectivity index (χ1) is 7.17. The number of aliphatic hydroxyl groups excluding tert-OH is 2. The summed E-state index contributed by atoms with van der Waals surface area (Å²) in [6.45, 7) is 0.314. The molecular formula is C10H14BrNO2S. The van der Waals surface area contributed by atoms with Crippen LogP contribution in [0, 0.1) is 0 Å². The second-order valence-electron chi connectivity index (χ2n) is 3.12. The topological polar surface area (TPSA) is 66.5 Å². The minimum atomic E-state index is -0.670. The van der Waals surface area contributed by atoms with Gasteiger partial charge in [0.2, 0.25) is 0 Å². The lowest BCUT2D eigenvalue weighted by molar-refractivity contribution is 0.113. The molecule has 1 unspecified atom stereocenters. The third-order valence-corrected chi connectivity index (χ3v) is 4.01. The molecule has 0 aliphatic heterocycles. The zero-order chi connectivity index (χ0) is 11.3. The van der Waals surface area contributed by atoms with Crippen LogP contribution in [-0.2, 0) is 6.54 Å². The van der Waals surface area contributed by atoms with Crippen LogP contribution in [-0.4, -0.2) is 28.7 Å². The van der Waals surface area contributed by atoms with Crippen LogP contribution in [0.2, 0.25) is 0 Å². The number of benzene rings is 1. The normalized spacial score (nSPS) is 12.8. The molecule has 4 N–H and O–H groups in total. The van der Waals surface area contributed by atoms with E-state index in [1.165, 1.54) is 11.8 Å². The molecule has 15 heavy (non-hydrogen) atoms. The molecule has 0 fully saturated rings. The molecule has 0 bridgehead atoms. The number of nitrogens with two attached hydrogens (primary N) is 1. The minimum Gasteiger partial charge on any atom is -0.394 e. The Labute approximate surface area is 102 Å². The number of rotatable bonds is 5. The highest BCUT2D eigenvalue weighted by Crippen LogP contribution is 2.28. The third-order valence-electron chi connectivity index (χ3n) is 1.87. The quantitative estimate of drug-likeness (QED) is 0.717. The van der Waals surface area contributed by atoms with E-state index in [1.807, 2.05) is 18.2 Å². The molecule has 0 aliphatic carbocycles. The van der Waals surface area contributed by atoms with Crippen LogP contribution < -0.4 is 5.73 Å². The molecule has 0 radical (unpaired) electrons. The van der Waals surface area contributed by atoms with E-state index in [9.17, 15) is 5.11 Å². The van der Waals surface area contributed by atoms with Crippen LogP contribution in [0.25, 0.3) is 0 Å². The number of hydrogen-bond donors (Lipinski definition) is 3. The molecule has 0 saturated carbocycles. The first-order valence-electron chi connectivity index (χ1n) is 4.57. The lowest BCUT2D eigenvalue weighted by Gasteiger charge is -2.08. The smallest absolute Gasteiger partial charge is 0.0864 e. The van der Waals surface area contributed by atoms with Crippen molar-refractivity contribution in [3.63, 3.8) is 0 Å². The van der Waals surface area contributed by atoms with Crippen molar-refractivity contribution in [2.24, 2.45) is 5.73 Å². The average Bonchev–Trinajstić information content (AvgIpc) is 2.26. The van der Waals surface area contributed by atoms with Crippen molar-refractivity contribution in [1.82, 2.24) is 0 Å². The number of halogens is 1. The van der Waals surface area contributed by atoms with E-state index in [-0.39, 0.29) is 6.61 Å². The standard InChI is InChI=1S/C10H14BrNO2S/c11-9-3-7(4-12)1-2-10(9)15-6-8(14)5-13/h1-3,8,13-14H,4-6,12H2.